The lowest BCUT2D eigenvalue weighted by molar-refractivity contribution is -0.188. The molecule has 3 unspecified atom stereocenters. The third kappa shape index (κ3) is 3.87. The van der Waals surface area contributed by atoms with E-state index in [1.54, 1.807) is 26.0 Å². The summed E-state index contributed by atoms with van der Waals surface area (Å²) in [6, 6.07) is 12.8. The lowest BCUT2D eigenvalue weighted by Gasteiger charge is -2.44. The number of ether oxygens (including phenoxy) is 4. The first-order valence-electron chi connectivity index (χ1n) is 10.1. The predicted molar refractivity (Wildman–Crippen MR) is 110 cm³/mol. The maximum atomic E-state index is 13.0. The molecule has 0 fully saturated rings. The molecule has 162 valence electrons. The van der Waals surface area contributed by atoms with Crippen molar-refractivity contribution < 1.29 is 33.3 Å². The molecule has 7 heteroatoms. The van der Waals surface area contributed by atoms with Crippen LogP contribution >= 0.6 is 0 Å². The number of fused-ring (bicyclic) bond motifs is 3. The molecule has 3 atom stereocenters. The SMILES string of the molecule is CC(=O)OC1c2c(ccc3c2OC(c2ccccc2)CC3=O)OC(C)(C)C1OC(C)=O. The van der Waals surface area contributed by atoms with Crippen molar-refractivity contribution in [2.75, 3.05) is 0 Å². The van der Waals surface area contributed by atoms with Crippen molar-refractivity contribution in [1.29, 1.82) is 0 Å². The lowest BCUT2D eigenvalue weighted by Crippen LogP contribution is -2.52. The third-order valence-electron chi connectivity index (χ3n) is 5.46. The van der Waals surface area contributed by atoms with E-state index in [4.69, 9.17) is 18.9 Å². The summed E-state index contributed by atoms with van der Waals surface area (Å²) in [5, 5.41) is 0. The van der Waals surface area contributed by atoms with Crippen LogP contribution < -0.4 is 9.47 Å². The standard InChI is InChI=1S/C24H24O7/c1-13(25)28-22-20-18(31-24(3,4)23(22)29-14(2)26)11-10-16-17(27)12-19(30-21(16)20)15-8-6-5-7-9-15/h5-11,19,22-23H,12H2,1-4H3. The van der Waals surface area contributed by atoms with E-state index in [-0.39, 0.29) is 12.2 Å². The van der Waals surface area contributed by atoms with Crippen LogP contribution in [0.5, 0.6) is 11.5 Å². The fraction of sp³-hybridized carbons (Fsp3) is 0.375. The molecule has 2 aliphatic rings. The summed E-state index contributed by atoms with van der Waals surface area (Å²) in [4.78, 5) is 36.7. The largest absolute Gasteiger partial charge is 0.484 e. The van der Waals surface area contributed by atoms with Gasteiger partial charge in [0.25, 0.3) is 0 Å². The highest BCUT2D eigenvalue weighted by molar-refractivity contribution is 6.01. The molecular formula is C24H24O7. The molecule has 2 heterocycles. The third-order valence-corrected chi connectivity index (χ3v) is 5.46. The van der Waals surface area contributed by atoms with Crippen LogP contribution in [0.15, 0.2) is 42.5 Å². The van der Waals surface area contributed by atoms with Crippen molar-refractivity contribution in [2.45, 2.75) is 58.0 Å². The zero-order valence-corrected chi connectivity index (χ0v) is 17.8. The minimum Gasteiger partial charge on any atom is -0.484 e. The van der Waals surface area contributed by atoms with Gasteiger partial charge in [0.05, 0.1) is 17.5 Å². The van der Waals surface area contributed by atoms with E-state index in [0.29, 0.717) is 22.6 Å². The Labute approximate surface area is 180 Å². The molecule has 7 nitrogen and oxygen atoms in total. The van der Waals surface area contributed by atoms with Gasteiger partial charge in [-0.3, -0.25) is 14.4 Å². The first kappa shape index (κ1) is 20.9. The first-order valence-corrected chi connectivity index (χ1v) is 10.1. The van der Waals surface area contributed by atoms with Gasteiger partial charge in [0.15, 0.2) is 18.0 Å². The molecule has 0 bridgehead atoms. The van der Waals surface area contributed by atoms with Crippen LogP contribution in [0, 0.1) is 0 Å². The van der Waals surface area contributed by atoms with Crippen molar-refractivity contribution in [3.63, 3.8) is 0 Å². The second kappa shape index (κ2) is 7.72. The normalized spacial score (nSPS) is 23.5. The van der Waals surface area contributed by atoms with Gasteiger partial charge < -0.3 is 18.9 Å². The van der Waals surface area contributed by atoms with Gasteiger partial charge in [-0.2, -0.15) is 0 Å². The van der Waals surface area contributed by atoms with Gasteiger partial charge in [-0.25, -0.2) is 0 Å². The monoisotopic (exact) mass is 424 g/mol. The Hall–Kier alpha value is -3.35. The molecule has 0 amide bonds. The van der Waals surface area contributed by atoms with Gasteiger partial charge in [0, 0.05) is 13.8 Å². The second-order valence-corrected chi connectivity index (χ2v) is 8.26. The Morgan fingerprint density at radius 1 is 1.00 bits per heavy atom. The van der Waals surface area contributed by atoms with Crippen molar-refractivity contribution in [1.82, 2.24) is 0 Å². The fourth-order valence-electron chi connectivity index (χ4n) is 4.14. The molecule has 2 aromatic carbocycles. The lowest BCUT2D eigenvalue weighted by atomic mass is 9.85. The smallest absolute Gasteiger partial charge is 0.303 e. The molecule has 4 rings (SSSR count). The van der Waals surface area contributed by atoms with Crippen molar-refractivity contribution in [3.8, 4) is 11.5 Å². The van der Waals surface area contributed by atoms with Gasteiger partial charge in [-0.15, -0.1) is 0 Å². The summed E-state index contributed by atoms with van der Waals surface area (Å²) >= 11 is 0. The number of carbonyl (C=O) groups excluding carboxylic acids is 3. The molecule has 2 aromatic rings. The topological polar surface area (TPSA) is 88.1 Å². The van der Waals surface area contributed by atoms with Crippen LogP contribution in [-0.4, -0.2) is 29.4 Å². The molecule has 0 radical (unpaired) electrons. The molecule has 0 saturated heterocycles. The Kier molecular flexibility index (Phi) is 5.21. The molecule has 31 heavy (non-hydrogen) atoms. The minimum atomic E-state index is -0.988. The van der Waals surface area contributed by atoms with E-state index < -0.39 is 35.9 Å². The summed E-state index contributed by atoms with van der Waals surface area (Å²) in [5.41, 5.74) is 0.654. The maximum absolute atomic E-state index is 13.0. The molecule has 2 aliphatic heterocycles. The maximum Gasteiger partial charge on any atom is 0.303 e. The number of hydrogen-bond donors (Lipinski definition) is 0. The van der Waals surface area contributed by atoms with Crippen LogP contribution in [0.25, 0.3) is 0 Å². The quantitative estimate of drug-likeness (QED) is 0.686. The van der Waals surface area contributed by atoms with Crippen LogP contribution in [-0.2, 0) is 19.1 Å². The van der Waals surface area contributed by atoms with E-state index in [0.717, 1.165) is 5.56 Å². The van der Waals surface area contributed by atoms with Gasteiger partial charge in [0.1, 0.15) is 23.2 Å². The second-order valence-electron chi connectivity index (χ2n) is 8.26. The van der Waals surface area contributed by atoms with Crippen molar-refractivity contribution in [3.05, 3.63) is 59.2 Å². The van der Waals surface area contributed by atoms with E-state index in [1.807, 2.05) is 30.3 Å². The minimum absolute atomic E-state index is 0.0895. The summed E-state index contributed by atoms with van der Waals surface area (Å²) in [5.74, 6) is -0.467. The van der Waals surface area contributed by atoms with Crippen molar-refractivity contribution >= 4 is 17.7 Å². The van der Waals surface area contributed by atoms with Crippen molar-refractivity contribution in [2.24, 2.45) is 0 Å². The molecule has 0 saturated carbocycles. The van der Waals surface area contributed by atoms with E-state index >= 15 is 0 Å². The highest BCUT2D eigenvalue weighted by atomic mass is 16.6. The van der Waals surface area contributed by atoms with Crippen LogP contribution in [0.1, 0.15) is 67.8 Å². The Morgan fingerprint density at radius 2 is 1.68 bits per heavy atom. The number of rotatable bonds is 3. The predicted octanol–water partition coefficient (Wildman–Crippen LogP) is 4.10. The number of Topliss-reactive ketones (excluding diaryl/α,β-unsaturated/α-hetero) is 1. The molecule has 0 aromatic heterocycles. The van der Waals surface area contributed by atoms with Gasteiger partial charge in [-0.05, 0) is 31.5 Å². The molecule has 0 spiro atoms. The molecule has 0 N–H and O–H groups in total. The average Bonchev–Trinajstić information content (AvgIpc) is 2.69. The zero-order chi connectivity index (χ0) is 22.3. The van der Waals surface area contributed by atoms with Crippen LogP contribution in [0.2, 0.25) is 0 Å². The number of hydrogen-bond acceptors (Lipinski definition) is 7. The highest BCUT2D eigenvalue weighted by Gasteiger charge is 2.51. The van der Waals surface area contributed by atoms with Gasteiger partial charge in [-0.1, -0.05) is 30.3 Å². The van der Waals surface area contributed by atoms with Crippen LogP contribution in [0.3, 0.4) is 0 Å². The van der Waals surface area contributed by atoms with Gasteiger partial charge >= 0.3 is 11.9 Å². The number of ketones is 1. The number of carbonyl (C=O) groups is 3. The highest BCUT2D eigenvalue weighted by Crippen LogP contribution is 2.51. The summed E-state index contributed by atoms with van der Waals surface area (Å²) < 4.78 is 23.6. The van der Waals surface area contributed by atoms with Gasteiger partial charge in [0.2, 0.25) is 0 Å². The molecule has 0 aliphatic carbocycles. The summed E-state index contributed by atoms with van der Waals surface area (Å²) in [6.45, 7) is 6.06. The van der Waals surface area contributed by atoms with Crippen LogP contribution in [0.4, 0.5) is 0 Å². The average molecular weight is 424 g/mol. The number of benzene rings is 2. The first-order chi connectivity index (χ1) is 14.7. The Morgan fingerprint density at radius 3 is 2.32 bits per heavy atom. The Bertz CT molecular complexity index is 1040. The van der Waals surface area contributed by atoms with E-state index in [1.165, 1.54) is 13.8 Å². The number of esters is 2. The fourth-order valence-corrected chi connectivity index (χ4v) is 4.14. The van der Waals surface area contributed by atoms with E-state index in [9.17, 15) is 14.4 Å². The van der Waals surface area contributed by atoms with E-state index in [2.05, 4.69) is 0 Å². The summed E-state index contributed by atoms with van der Waals surface area (Å²) in [6.07, 6.45) is -2.22. The molecular weight excluding hydrogens is 400 g/mol. The Balaban J connectivity index is 1.86. The zero-order valence-electron chi connectivity index (χ0n) is 17.8. The summed E-state index contributed by atoms with van der Waals surface area (Å²) in [7, 11) is 0.